The Bertz CT molecular complexity index is 326. The highest BCUT2D eigenvalue weighted by atomic mass is 16.6. The first-order valence-electron chi connectivity index (χ1n) is 7.89. The van der Waals surface area contributed by atoms with E-state index in [1.807, 2.05) is 27.7 Å². The molecule has 1 heterocycles. The van der Waals surface area contributed by atoms with Crippen LogP contribution in [-0.4, -0.2) is 53.1 Å². The van der Waals surface area contributed by atoms with Crippen LogP contribution < -0.4 is 0 Å². The SMILES string of the molecule is CC(CO)(CO)CCC1CCN(C(=O)OC(C)(C)C)CC1. The summed E-state index contributed by atoms with van der Waals surface area (Å²) < 4.78 is 5.38. The number of likely N-dealkylation sites (tertiary alicyclic amines) is 1. The fraction of sp³-hybridized carbons (Fsp3) is 0.938. The van der Waals surface area contributed by atoms with Crippen LogP contribution in [0.3, 0.4) is 0 Å². The summed E-state index contributed by atoms with van der Waals surface area (Å²) in [4.78, 5) is 13.7. The molecular weight excluding hydrogens is 270 g/mol. The lowest BCUT2D eigenvalue weighted by Gasteiger charge is -2.34. The molecule has 0 bridgehead atoms. The summed E-state index contributed by atoms with van der Waals surface area (Å²) in [5.41, 5.74) is -0.833. The molecule has 1 saturated heterocycles. The van der Waals surface area contributed by atoms with Crippen molar-refractivity contribution in [3.05, 3.63) is 0 Å². The lowest BCUT2D eigenvalue weighted by Crippen LogP contribution is -2.42. The Balaban J connectivity index is 2.34. The zero-order valence-electron chi connectivity index (χ0n) is 13.9. The lowest BCUT2D eigenvalue weighted by atomic mass is 9.81. The van der Waals surface area contributed by atoms with E-state index in [2.05, 4.69) is 0 Å². The maximum absolute atomic E-state index is 12.0. The monoisotopic (exact) mass is 301 g/mol. The number of carbonyl (C=O) groups is 1. The van der Waals surface area contributed by atoms with Crippen molar-refractivity contribution >= 4 is 6.09 Å². The maximum Gasteiger partial charge on any atom is 0.410 e. The molecule has 21 heavy (non-hydrogen) atoms. The molecule has 0 atom stereocenters. The Morgan fingerprint density at radius 1 is 1.14 bits per heavy atom. The highest BCUT2D eigenvalue weighted by Crippen LogP contribution is 2.29. The number of rotatable bonds is 5. The zero-order chi connectivity index (χ0) is 16.1. The number of ether oxygens (including phenoxy) is 1. The quantitative estimate of drug-likeness (QED) is 0.818. The standard InChI is InChI=1S/C16H31NO4/c1-15(2,3)21-14(20)17-9-6-13(7-10-17)5-8-16(4,11-18)12-19/h13,18-19H,5-12H2,1-4H3. The van der Waals surface area contributed by atoms with E-state index in [1.165, 1.54) is 0 Å². The van der Waals surface area contributed by atoms with E-state index >= 15 is 0 Å². The molecule has 1 fully saturated rings. The summed E-state index contributed by atoms with van der Waals surface area (Å²) in [6.45, 7) is 9.03. The molecule has 0 aromatic rings. The van der Waals surface area contributed by atoms with Gasteiger partial charge in [-0.2, -0.15) is 0 Å². The largest absolute Gasteiger partial charge is 0.444 e. The predicted octanol–water partition coefficient (Wildman–Crippen LogP) is 2.40. The van der Waals surface area contributed by atoms with Crippen molar-refractivity contribution in [3.8, 4) is 0 Å². The topological polar surface area (TPSA) is 70.0 Å². The Morgan fingerprint density at radius 2 is 1.67 bits per heavy atom. The molecule has 0 aromatic heterocycles. The van der Waals surface area contributed by atoms with Gasteiger partial charge < -0.3 is 19.8 Å². The van der Waals surface area contributed by atoms with Crippen molar-refractivity contribution in [2.75, 3.05) is 26.3 Å². The Kier molecular flexibility index (Phi) is 6.47. The number of hydrogen-bond acceptors (Lipinski definition) is 4. The first-order valence-corrected chi connectivity index (χ1v) is 7.89. The molecule has 2 N–H and O–H groups in total. The normalized spacial score (nSPS) is 17.9. The van der Waals surface area contributed by atoms with Gasteiger partial charge in [-0.1, -0.05) is 6.92 Å². The average Bonchev–Trinajstić information content (AvgIpc) is 2.43. The molecule has 5 nitrogen and oxygen atoms in total. The zero-order valence-corrected chi connectivity index (χ0v) is 13.9. The minimum atomic E-state index is -0.446. The first-order chi connectivity index (χ1) is 9.69. The van der Waals surface area contributed by atoms with Crippen LogP contribution in [0, 0.1) is 11.3 Å². The van der Waals surface area contributed by atoms with Crippen LogP contribution in [-0.2, 0) is 4.74 Å². The van der Waals surface area contributed by atoms with Gasteiger partial charge in [0.1, 0.15) is 5.60 Å². The van der Waals surface area contributed by atoms with Crippen molar-refractivity contribution in [2.24, 2.45) is 11.3 Å². The smallest absolute Gasteiger partial charge is 0.410 e. The third kappa shape index (κ3) is 6.22. The fourth-order valence-corrected chi connectivity index (χ4v) is 2.49. The minimum Gasteiger partial charge on any atom is -0.444 e. The molecule has 0 saturated carbocycles. The van der Waals surface area contributed by atoms with Crippen molar-refractivity contribution in [1.29, 1.82) is 0 Å². The summed E-state index contributed by atoms with van der Waals surface area (Å²) in [6, 6.07) is 0. The van der Waals surface area contributed by atoms with E-state index in [0.717, 1.165) is 38.8 Å². The number of nitrogens with zero attached hydrogens (tertiary/aromatic N) is 1. The molecule has 1 aliphatic heterocycles. The second kappa shape index (κ2) is 7.45. The van der Waals surface area contributed by atoms with Gasteiger partial charge in [-0.05, 0) is 52.4 Å². The van der Waals surface area contributed by atoms with Gasteiger partial charge in [0, 0.05) is 18.5 Å². The number of piperidine rings is 1. The fourth-order valence-electron chi connectivity index (χ4n) is 2.49. The molecule has 0 spiro atoms. The Labute approximate surface area is 128 Å². The highest BCUT2D eigenvalue weighted by Gasteiger charge is 2.29. The third-order valence-corrected chi connectivity index (χ3v) is 4.19. The Morgan fingerprint density at radius 3 is 2.10 bits per heavy atom. The molecule has 1 aliphatic rings. The van der Waals surface area contributed by atoms with E-state index in [4.69, 9.17) is 4.74 Å². The van der Waals surface area contributed by atoms with Gasteiger partial charge >= 0.3 is 6.09 Å². The van der Waals surface area contributed by atoms with E-state index in [0.29, 0.717) is 5.92 Å². The van der Waals surface area contributed by atoms with Crippen LogP contribution in [0.25, 0.3) is 0 Å². The summed E-state index contributed by atoms with van der Waals surface area (Å²) in [7, 11) is 0. The molecule has 1 amide bonds. The molecule has 5 heteroatoms. The van der Waals surface area contributed by atoms with Gasteiger partial charge in [0.05, 0.1) is 13.2 Å². The number of aliphatic hydroxyl groups is 2. The minimum absolute atomic E-state index is 0.0141. The number of carbonyl (C=O) groups excluding carboxylic acids is 1. The average molecular weight is 301 g/mol. The van der Waals surface area contributed by atoms with Gasteiger partial charge in [-0.15, -0.1) is 0 Å². The lowest BCUT2D eigenvalue weighted by molar-refractivity contribution is 0.0162. The van der Waals surface area contributed by atoms with Crippen molar-refractivity contribution in [2.45, 2.75) is 59.0 Å². The van der Waals surface area contributed by atoms with Gasteiger partial charge in [-0.3, -0.25) is 0 Å². The molecule has 0 aliphatic carbocycles. The van der Waals surface area contributed by atoms with Crippen molar-refractivity contribution < 1.29 is 19.7 Å². The van der Waals surface area contributed by atoms with E-state index in [1.54, 1.807) is 4.90 Å². The van der Waals surface area contributed by atoms with Crippen molar-refractivity contribution in [1.82, 2.24) is 4.90 Å². The molecular formula is C16H31NO4. The van der Waals surface area contributed by atoms with E-state index < -0.39 is 5.60 Å². The van der Waals surface area contributed by atoms with Gasteiger partial charge in [0.25, 0.3) is 0 Å². The van der Waals surface area contributed by atoms with Gasteiger partial charge in [0.15, 0.2) is 0 Å². The van der Waals surface area contributed by atoms with Gasteiger partial charge in [0.2, 0.25) is 0 Å². The van der Waals surface area contributed by atoms with E-state index in [-0.39, 0.29) is 24.7 Å². The van der Waals surface area contributed by atoms with Gasteiger partial charge in [-0.25, -0.2) is 4.79 Å². The predicted molar refractivity (Wildman–Crippen MR) is 82.0 cm³/mol. The highest BCUT2D eigenvalue weighted by molar-refractivity contribution is 5.68. The number of hydrogen-bond donors (Lipinski definition) is 2. The first kappa shape index (κ1) is 18.2. The molecule has 0 unspecified atom stereocenters. The summed E-state index contributed by atoms with van der Waals surface area (Å²) in [6.07, 6.45) is 3.51. The molecule has 124 valence electrons. The van der Waals surface area contributed by atoms with Crippen LogP contribution in [0.5, 0.6) is 0 Å². The maximum atomic E-state index is 12.0. The molecule has 1 rings (SSSR count). The molecule has 0 aromatic carbocycles. The Hall–Kier alpha value is -0.810. The van der Waals surface area contributed by atoms with Crippen LogP contribution in [0.4, 0.5) is 4.79 Å². The third-order valence-electron chi connectivity index (χ3n) is 4.19. The van der Waals surface area contributed by atoms with Crippen LogP contribution >= 0.6 is 0 Å². The summed E-state index contributed by atoms with van der Waals surface area (Å²) >= 11 is 0. The van der Waals surface area contributed by atoms with Crippen molar-refractivity contribution in [3.63, 3.8) is 0 Å². The second-order valence-corrected chi connectivity index (χ2v) is 7.58. The van der Waals surface area contributed by atoms with Crippen LogP contribution in [0.1, 0.15) is 53.4 Å². The van der Waals surface area contributed by atoms with Crippen LogP contribution in [0.15, 0.2) is 0 Å². The van der Waals surface area contributed by atoms with E-state index in [9.17, 15) is 15.0 Å². The number of amides is 1. The molecule has 0 radical (unpaired) electrons. The number of aliphatic hydroxyl groups excluding tert-OH is 2. The second-order valence-electron chi connectivity index (χ2n) is 7.58. The summed E-state index contributed by atoms with van der Waals surface area (Å²) in [5, 5.41) is 18.6. The van der Waals surface area contributed by atoms with Crippen LogP contribution in [0.2, 0.25) is 0 Å². The summed E-state index contributed by atoms with van der Waals surface area (Å²) in [5.74, 6) is 0.557.